The minimum Gasteiger partial charge on any atom is -0.459 e. The van der Waals surface area contributed by atoms with E-state index in [0.717, 1.165) is 19.3 Å². The summed E-state index contributed by atoms with van der Waals surface area (Å²) < 4.78 is 38.1. The van der Waals surface area contributed by atoms with Crippen LogP contribution in [0.4, 0.5) is 0 Å². The molecule has 3 aliphatic rings. The number of rotatable bonds is 19. The molecule has 0 saturated carbocycles. The highest BCUT2D eigenvalue weighted by Crippen LogP contribution is 2.40. The Labute approximate surface area is 398 Å². The highest BCUT2D eigenvalue weighted by atomic mass is 16.7. The molecule has 5 N–H and O–H groups in total. The molecule has 0 aromatic carbocycles. The van der Waals surface area contributed by atoms with Gasteiger partial charge in [0, 0.05) is 45.5 Å². The van der Waals surface area contributed by atoms with Gasteiger partial charge in [-0.3, -0.25) is 9.59 Å². The Morgan fingerprint density at radius 3 is 1.97 bits per heavy atom. The predicted octanol–water partition coefficient (Wildman–Crippen LogP) is 6.50. The van der Waals surface area contributed by atoms with Crippen molar-refractivity contribution in [1.29, 1.82) is 0 Å². The summed E-state index contributed by atoms with van der Waals surface area (Å²) in [7, 11) is 5.06. The molecule has 0 aromatic heterocycles. The molecule has 3 heterocycles. The number of carbonyl (C=O) groups is 2. The summed E-state index contributed by atoms with van der Waals surface area (Å²) in [5.74, 6) is -2.86. The van der Waals surface area contributed by atoms with E-state index in [-0.39, 0.29) is 31.1 Å². The van der Waals surface area contributed by atoms with Crippen molar-refractivity contribution >= 4 is 11.9 Å². The highest BCUT2D eigenvalue weighted by Gasteiger charge is 2.53. The Morgan fingerprint density at radius 2 is 1.41 bits per heavy atom. The Balaban J connectivity index is 1.96. The molecule has 0 unspecified atom stereocenters. The summed E-state index contributed by atoms with van der Waals surface area (Å²) in [5, 5.41) is 59.3. The van der Waals surface area contributed by atoms with Crippen molar-refractivity contribution in [2.24, 2.45) is 17.8 Å². The number of cyclic esters (lactones) is 1. The number of carbonyl (C=O) groups excluding carboxylic acids is 2. The fraction of sp³-hybridized carbons (Fsp3) is 0.961. The van der Waals surface area contributed by atoms with Crippen LogP contribution in [-0.2, 0) is 38.0 Å². The second kappa shape index (κ2) is 26.6. The zero-order valence-electron chi connectivity index (χ0n) is 43.6. The van der Waals surface area contributed by atoms with Gasteiger partial charge in [-0.2, -0.15) is 0 Å². The molecule has 3 saturated heterocycles. The van der Waals surface area contributed by atoms with Gasteiger partial charge in [0.05, 0.1) is 47.6 Å². The van der Waals surface area contributed by atoms with Crippen LogP contribution < -0.4 is 0 Å². The molecule has 3 fully saturated rings. The summed E-state index contributed by atoms with van der Waals surface area (Å²) >= 11 is 0. The van der Waals surface area contributed by atoms with Crippen LogP contribution in [0.2, 0.25) is 0 Å². The van der Waals surface area contributed by atoms with Gasteiger partial charge in [-0.25, -0.2) is 0 Å². The lowest BCUT2D eigenvalue weighted by Gasteiger charge is -2.49. The van der Waals surface area contributed by atoms with Crippen LogP contribution >= 0.6 is 0 Å². The van der Waals surface area contributed by atoms with Crippen LogP contribution in [0.5, 0.6) is 0 Å². The normalized spacial score (nSPS) is 41.4. The quantitative estimate of drug-likeness (QED) is 0.0695. The Hall–Kier alpha value is -1.50. The molecule has 15 nitrogen and oxygen atoms in total. The summed E-state index contributed by atoms with van der Waals surface area (Å²) in [6, 6.07) is -1.20. The first kappa shape index (κ1) is 58.8. The molecule has 0 aromatic rings. The lowest BCUT2D eigenvalue weighted by atomic mass is 9.77. The van der Waals surface area contributed by atoms with Crippen LogP contribution in [0.25, 0.3) is 0 Å². The zero-order chi connectivity index (χ0) is 49.7. The standard InChI is InChI=1S/C51H96N2O13/c1-15-17-18-19-20-21-22-23-24-25-26-27-40(54)53(13)38-28-33(4)62-48(42(38)55)66-46-34(5)43(65-41-30-50(10,61-14)45(57)37(8)63-41)35(6)47(58)64-39(16-2)51(11,60)44(56)36(7)52(12)31-32(3)29-49(46,9)59/h32-39,41-46,48,55-57,59-60H,15-31H2,1-14H3/t32-,33-,34+,35-,36-,37+,38+,39-,41-,42-,43+,44-,45+,46-,48+,49-,50-,51-/m1/s1. The SMILES string of the molecule is CCCCCCCCCCCCCC(=O)N(C)[C@H]1C[C@@H](C)O[C@@H](O[C@@H]2[C@@H](C)[C@H](O[C@@H]3C[C@@](C)(OC)[C@@H](O)[C@H](C)O3)[C@@H](C)C(=O)O[C@H](CC)[C@@](C)(O)[C@H](O)[C@@H](C)N(C)C[C@H](C)C[C@@]2(C)O)[C@@H]1O. The molecular formula is C51H96N2O13. The maximum Gasteiger partial charge on any atom is 0.311 e. The van der Waals surface area contributed by atoms with Gasteiger partial charge in [0.25, 0.3) is 0 Å². The van der Waals surface area contributed by atoms with Crippen LogP contribution in [0, 0.1) is 17.8 Å². The fourth-order valence-electron chi connectivity index (χ4n) is 10.9. The second-order valence-electron chi connectivity index (χ2n) is 21.5. The third-order valence-electron chi connectivity index (χ3n) is 15.4. The number of hydrogen-bond acceptors (Lipinski definition) is 14. The van der Waals surface area contributed by atoms with Crippen molar-refractivity contribution in [2.45, 2.75) is 269 Å². The Kier molecular flexibility index (Phi) is 23.7. The number of aliphatic hydroxyl groups is 5. The van der Waals surface area contributed by atoms with Crippen LogP contribution in [0.15, 0.2) is 0 Å². The van der Waals surface area contributed by atoms with Gasteiger partial charge in [-0.1, -0.05) is 91.9 Å². The third-order valence-corrected chi connectivity index (χ3v) is 15.4. The van der Waals surface area contributed by atoms with Crippen LogP contribution in [0.1, 0.15) is 179 Å². The molecule has 18 atom stereocenters. The summed E-state index contributed by atoms with van der Waals surface area (Å²) in [6.45, 7) is 20.1. The number of aliphatic hydroxyl groups excluding tert-OH is 3. The molecule has 15 heteroatoms. The molecule has 388 valence electrons. The summed E-state index contributed by atoms with van der Waals surface area (Å²) in [5.41, 5.74) is -4.53. The Morgan fingerprint density at radius 1 is 0.833 bits per heavy atom. The number of esters is 1. The maximum absolute atomic E-state index is 14.4. The summed E-state index contributed by atoms with van der Waals surface area (Å²) in [4.78, 5) is 31.6. The van der Waals surface area contributed by atoms with Gasteiger partial charge < -0.3 is 63.8 Å². The largest absolute Gasteiger partial charge is 0.459 e. The van der Waals surface area contributed by atoms with Gasteiger partial charge in [-0.15, -0.1) is 0 Å². The van der Waals surface area contributed by atoms with Crippen molar-refractivity contribution < 1.29 is 63.5 Å². The number of likely N-dealkylation sites (N-methyl/N-ethyl adjacent to an activating group) is 2. The number of unbranched alkanes of at least 4 members (excludes halogenated alkanes) is 10. The average Bonchev–Trinajstić information content (AvgIpc) is 3.26. The van der Waals surface area contributed by atoms with E-state index in [4.69, 9.17) is 28.4 Å². The van der Waals surface area contributed by atoms with Crippen molar-refractivity contribution in [3.63, 3.8) is 0 Å². The Bertz CT molecular complexity index is 1440. The molecule has 3 rings (SSSR count). The van der Waals surface area contributed by atoms with E-state index in [1.54, 1.807) is 60.4 Å². The zero-order valence-corrected chi connectivity index (χ0v) is 43.6. The topological polar surface area (TPSA) is 197 Å². The number of methoxy groups -OCH3 is 1. The molecule has 0 bridgehead atoms. The van der Waals surface area contributed by atoms with E-state index >= 15 is 0 Å². The molecule has 0 aliphatic carbocycles. The number of amides is 1. The predicted molar refractivity (Wildman–Crippen MR) is 254 cm³/mol. The van der Waals surface area contributed by atoms with Gasteiger partial charge in [0.15, 0.2) is 12.6 Å². The van der Waals surface area contributed by atoms with Crippen molar-refractivity contribution in [2.75, 3.05) is 27.7 Å². The lowest BCUT2D eigenvalue weighted by molar-refractivity contribution is -0.317. The fourth-order valence-corrected chi connectivity index (χ4v) is 10.9. The third kappa shape index (κ3) is 15.8. The lowest BCUT2D eigenvalue weighted by Crippen LogP contribution is -2.61. The van der Waals surface area contributed by atoms with Crippen molar-refractivity contribution in [1.82, 2.24) is 9.80 Å². The number of nitrogens with zero attached hydrogens (tertiary/aromatic N) is 2. The van der Waals surface area contributed by atoms with Gasteiger partial charge >= 0.3 is 5.97 Å². The molecule has 3 aliphatic heterocycles. The van der Waals surface area contributed by atoms with Gasteiger partial charge in [0.2, 0.25) is 5.91 Å². The maximum atomic E-state index is 14.4. The van der Waals surface area contributed by atoms with E-state index < -0.39 is 108 Å². The minimum absolute atomic E-state index is 0.0607. The van der Waals surface area contributed by atoms with Gasteiger partial charge in [0.1, 0.15) is 30.0 Å². The molecule has 0 spiro atoms. The monoisotopic (exact) mass is 945 g/mol. The summed E-state index contributed by atoms with van der Waals surface area (Å²) in [6.07, 6.45) is 3.96. The first-order chi connectivity index (χ1) is 30.9. The molecule has 1 amide bonds. The smallest absolute Gasteiger partial charge is 0.311 e. The van der Waals surface area contributed by atoms with E-state index in [0.29, 0.717) is 19.4 Å². The van der Waals surface area contributed by atoms with Crippen molar-refractivity contribution in [3.05, 3.63) is 0 Å². The van der Waals surface area contributed by atoms with Crippen molar-refractivity contribution in [3.8, 4) is 0 Å². The average molecular weight is 945 g/mol. The highest BCUT2D eigenvalue weighted by molar-refractivity contribution is 5.76. The van der Waals surface area contributed by atoms with Crippen LogP contribution in [0.3, 0.4) is 0 Å². The number of ether oxygens (including phenoxy) is 6. The van der Waals surface area contributed by atoms with E-state index in [9.17, 15) is 35.1 Å². The van der Waals surface area contributed by atoms with E-state index in [1.807, 2.05) is 25.8 Å². The van der Waals surface area contributed by atoms with E-state index in [1.165, 1.54) is 65.4 Å². The first-order valence-corrected chi connectivity index (χ1v) is 25.7. The molecule has 66 heavy (non-hydrogen) atoms. The second-order valence-corrected chi connectivity index (χ2v) is 21.5. The minimum atomic E-state index is -1.83. The first-order valence-electron chi connectivity index (χ1n) is 25.7. The molecule has 0 radical (unpaired) electrons. The van der Waals surface area contributed by atoms with Crippen LogP contribution in [-0.4, -0.2) is 165 Å². The van der Waals surface area contributed by atoms with Gasteiger partial charge in [-0.05, 0) is 87.1 Å². The molecular weight excluding hydrogens is 849 g/mol. The van der Waals surface area contributed by atoms with E-state index in [2.05, 4.69) is 6.92 Å². The number of hydrogen-bond donors (Lipinski definition) is 5.